The number of carbonyl (C=O) groups is 2. The van der Waals surface area contributed by atoms with Gasteiger partial charge in [-0.1, -0.05) is 179 Å². The molecule has 21 nitrogen and oxygen atoms in total. The summed E-state index contributed by atoms with van der Waals surface area (Å²) in [4.78, 5) is 24.0. The molecule has 128 heavy (non-hydrogen) atoms. The number of primary amides is 1. The van der Waals surface area contributed by atoms with Gasteiger partial charge in [0.25, 0.3) is 5.91 Å². The van der Waals surface area contributed by atoms with E-state index in [1.807, 2.05) is 134 Å². The van der Waals surface area contributed by atoms with Crippen LogP contribution in [0.15, 0.2) is 214 Å². The number of aryl methyl sites for hydroxylation is 9. The average Bonchev–Trinajstić information content (AvgIpc) is 0.829. The molecule has 0 saturated carbocycles. The summed E-state index contributed by atoms with van der Waals surface area (Å²) in [5, 5.41) is 2.74. The highest BCUT2D eigenvalue weighted by atomic mass is 32.2. The molecule has 2 aliphatic rings. The predicted octanol–water partition coefficient (Wildman–Crippen LogP) is 17.1. The van der Waals surface area contributed by atoms with Crippen molar-refractivity contribution in [3.63, 3.8) is 0 Å². The van der Waals surface area contributed by atoms with Crippen LogP contribution in [-0.4, -0.2) is 181 Å². The maximum absolute atomic E-state index is 13.0. The summed E-state index contributed by atoms with van der Waals surface area (Å²) < 4.78 is 220. The normalized spacial score (nSPS) is 12.3. The summed E-state index contributed by atoms with van der Waals surface area (Å²) in [7, 11) is -19.4. The van der Waals surface area contributed by atoms with E-state index in [1.54, 1.807) is 82.3 Å². The number of sulfonamides is 2. The maximum atomic E-state index is 13.0. The fourth-order valence-corrected chi connectivity index (χ4v) is 15.0. The van der Waals surface area contributed by atoms with Crippen molar-refractivity contribution in [2.75, 3.05) is 96.7 Å². The lowest BCUT2D eigenvalue weighted by molar-refractivity contribution is 0.0954. The first kappa shape index (κ1) is 124. The fourth-order valence-electron chi connectivity index (χ4n) is 9.78. The number of benzene rings is 9. The van der Waals surface area contributed by atoms with E-state index in [-0.39, 0.29) is 74.1 Å². The standard InChI is InChI=1S/C10H13NO.2C9H7F.2C9H12O2S.C8H8FNO.2C8H9FO2S.C8H10O2S.C7H13NO2S.C6H14N2O2S.4CH4/c1-3-11-10(12)9-6-4-8(2)5-7-9;1-3-8-5-4-7(2)9(10)6-8;1-3-8-5-4-7(2)6-9(8)10;2*1-8-3-5-9(6-4-8)7-12(2,10)11;1-5-2-3-6(8(10)11)4-7(5)9;1-6-3-4-7(5-8(6)9)12(2,10)11;1-6-3-4-8(7(9)5-6)12(2,10)11;3*1-7-3-5-8(6-4-7)11(2,9)10;;;;/h4-7H,3H2,1-2H3,(H,11,12);2*1,4-6H,2H3;2*3-6H,7H2,1-2H3;2-4H,1H3,(H2,10,11);2*3-5H,1-2H3;3-6H,1-2H3;3H,4-6H2,1-2H3;3-6H2,1-2H3;4*1H4. The Morgan fingerprint density at radius 1 is 0.398 bits per heavy atom. The molecular weight excluding hydrogens is 1790 g/mol. The van der Waals surface area contributed by atoms with Crippen molar-refractivity contribution < 1.29 is 90.5 Å². The van der Waals surface area contributed by atoms with Crippen LogP contribution in [-0.2, 0) is 80.7 Å². The highest BCUT2D eigenvalue weighted by molar-refractivity contribution is 7.91. The van der Waals surface area contributed by atoms with E-state index >= 15 is 0 Å². The zero-order chi connectivity index (χ0) is 95.1. The average molecular weight is 1920 g/mol. The minimum absolute atomic E-state index is 0. The molecule has 0 bridgehead atoms. The van der Waals surface area contributed by atoms with Crippen molar-refractivity contribution in [1.82, 2.24) is 18.8 Å². The summed E-state index contributed by atoms with van der Waals surface area (Å²) >= 11 is 0. The van der Waals surface area contributed by atoms with Gasteiger partial charge in [-0.05, 0) is 214 Å². The first-order valence-corrected chi connectivity index (χ1v) is 51.3. The third-order valence-electron chi connectivity index (χ3n) is 17.1. The lowest BCUT2D eigenvalue weighted by Crippen LogP contribution is -2.46. The summed E-state index contributed by atoms with van der Waals surface area (Å²) in [5.41, 5.74) is 17.4. The molecule has 2 aliphatic heterocycles. The van der Waals surface area contributed by atoms with Gasteiger partial charge in [-0.25, -0.2) is 80.9 Å². The van der Waals surface area contributed by atoms with E-state index < -0.39 is 92.6 Å². The van der Waals surface area contributed by atoms with Crippen LogP contribution in [0.3, 0.4) is 0 Å². The van der Waals surface area contributed by atoms with Crippen LogP contribution in [0.5, 0.6) is 0 Å². The Morgan fingerprint density at radius 2 is 0.766 bits per heavy atom. The van der Waals surface area contributed by atoms with E-state index in [9.17, 15) is 90.5 Å². The number of piperazine rings is 1. The van der Waals surface area contributed by atoms with Crippen molar-refractivity contribution in [3.05, 3.63) is 312 Å². The predicted molar refractivity (Wildman–Crippen MR) is 515 cm³/mol. The SMILES string of the molecule is C.C.C.C.C#Cc1ccc(C)c(F)c1.C#Cc1ccc(C)cc1F.CC1=CCN(S(C)(=O)=O)CC1.CCNC(=O)c1ccc(C)cc1.CN1CCN(S(C)(=O)=O)CC1.Cc1ccc(C(N)=O)cc1F.Cc1ccc(CS(C)(=O)=O)cc1.Cc1ccc(CS(C)(=O)=O)cc1.Cc1ccc(S(C)(=O)=O)c(F)c1.Cc1ccc(S(C)(=O)=O)cc1.Cc1ccc(S(C)(=O)=O)cc1F. The van der Waals surface area contributed by atoms with E-state index in [0.717, 1.165) is 83.1 Å². The molecule has 2 amide bonds. The number of hydrogen-bond acceptors (Lipinski definition) is 17. The minimum Gasteiger partial charge on any atom is -0.366 e. The zero-order valence-corrected chi connectivity index (χ0v) is 79.1. The van der Waals surface area contributed by atoms with Gasteiger partial charge in [0.2, 0.25) is 26.0 Å². The Hall–Kier alpha value is -10.0. The second-order valence-electron chi connectivity index (χ2n) is 29.3. The molecule has 1 fully saturated rings. The number of terminal acetylenes is 2. The summed E-state index contributed by atoms with van der Waals surface area (Å²) in [6, 6.07) is 51.0. The number of hydrogen-bond donors (Lipinski definition) is 2. The molecule has 0 spiro atoms. The van der Waals surface area contributed by atoms with Crippen molar-refractivity contribution in [2.24, 2.45) is 5.73 Å². The number of carbonyl (C=O) groups excluding carboxylic acids is 2. The number of rotatable bonds is 12. The molecule has 0 aliphatic carbocycles. The molecule has 0 atom stereocenters. The second kappa shape index (κ2) is 58.5. The molecule has 0 aromatic heterocycles. The minimum atomic E-state index is -3.43. The van der Waals surface area contributed by atoms with Gasteiger partial charge < -0.3 is 16.0 Å². The molecule has 0 unspecified atom stereocenters. The van der Waals surface area contributed by atoms with Gasteiger partial charge in [0.1, 0.15) is 34.0 Å². The first-order valence-electron chi connectivity index (χ1n) is 37.9. The lowest BCUT2D eigenvalue weighted by Gasteiger charge is -2.30. The van der Waals surface area contributed by atoms with Crippen LogP contribution >= 0.6 is 0 Å². The Balaban J connectivity index is -0.000000659. The number of nitrogens with one attached hydrogen (secondary N) is 1. The smallest absolute Gasteiger partial charge is 0.251 e. The van der Waals surface area contributed by atoms with Gasteiger partial charge in [0.05, 0.1) is 39.4 Å². The summed E-state index contributed by atoms with van der Waals surface area (Å²) in [6.45, 7) is 25.1. The van der Waals surface area contributed by atoms with E-state index in [0.29, 0.717) is 71.0 Å². The van der Waals surface area contributed by atoms with Crippen LogP contribution in [0.2, 0.25) is 0 Å². The summed E-state index contributed by atoms with van der Waals surface area (Å²) in [6.07, 6.45) is 21.1. The molecule has 1 saturated heterocycles. The van der Waals surface area contributed by atoms with Crippen molar-refractivity contribution in [2.45, 2.75) is 138 Å². The number of sulfone groups is 5. The lowest BCUT2D eigenvalue weighted by atomic mass is 10.1. The van der Waals surface area contributed by atoms with Crippen molar-refractivity contribution in [3.8, 4) is 24.7 Å². The number of nitrogens with two attached hydrogens (primary N) is 1. The molecule has 708 valence electrons. The summed E-state index contributed by atoms with van der Waals surface area (Å²) in [5.74, 6) is 2.13. The van der Waals surface area contributed by atoms with Crippen LogP contribution in [0.25, 0.3) is 0 Å². The van der Waals surface area contributed by atoms with Crippen LogP contribution in [0.1, 0.15) is 143 Å². The Labute approximate surface area is 762 Å². The Kier molecular flexibility index (Phi) is 56.8. The number of likely N-dealkylation sites (N-methyl/N-ethyl adjacent to an activating group) is 1. The largest absolute Gasteiger partial charge is 0.366 e. The molecule has 3 N–H and O–H groups in total. The molecule has 0 radical (unpaired) electrons. The van der Waals surface area contributed by atoms with Crippen LogP contribution in [0.4, 0.5) is 22.0 Å². The van der Waals surface area contributed by atoms with Gasteiger partial charge >= 0.3 is 0 Å². The van der Waals surface area contributed by atoms with E-state index in [1.165, 1.54) is 99.6 Å². The van der Waals surface area contributed by atoms with Crippen LogP contribution < -0.4 is 11.1 Å². The maximum Gasteiger partial charge on any atom is 0.251 e. The Morgan fingerprint density at radius 3 is 1.10 bits per heavy atom. The molecule has 11 rings (SSSR count). The first-order chi connectivity index (χ1) is 57.1. The third kappa shape index (κ3) is 53.1. The van der Waals surface area contributed by atoms with Gasteiger partial charge in [0, 0.05) is 93.8 Å². The van der Waals surface area contributed by atoms with Gasteiger partial charge in [-0.15, -0.1) is 12.8 Å². The molecular formula is C95H130F5N5O16S7. The van der Waals surface area contributed by atoms with Crippen molar-refractivity contribution >= 4 is 81.0 Å². The monoisotopic (exact) mass is 1920 g/mol. The van der Waals surface area contributed by atoms with E-state index in [4.69, 9.17) is 18.6 Å². The number of nitrogens with zero attached hydrogens (tertiary/aromatic N) is 3. The highest BCUT2D eigenvalue weighted by Crippen LogP contribution is 2.19. The van der Waals surface area contributed by atoms with Crippen molar-refractivity contribution in [1.29, 1.82) is 0 Å². The van der Waals surface area contributed by atoms with Crippen LogP contribution in [0, 0.1) is 116 Å². The number of halogens is 5. The van der Waals surface area contributed by atoms with E-state index in [2.05, 4.69) is 22.1 Å². The molecule has 2 heterocycles. The second-order valence-corrected chi connectivity index (χ2v) is 43.5. The zero-order valence-electron chi connectivity index (χ0n) is 73.4. The molecule has 33 heteroatoms. The van der Waals surface area contributed by atoms with Gasteiger partial charge in [0.15, 0.2) is 49.2 Å². The molecule has 9 aromatic carbocycles. The topological polar surface area (TPSA) is 321 Å². The highest BCUT2D eigenvalue weighted by Gasteiger charge is 2.22. The fraction of sp³-hybridized carbons (Fsp3) is 0.347. The van der Waals surface area contributed by atoms with Gasteiger partial charge in [-0.2, -0.15) is 8.61 Å². The Bertz CT molecular complexity index is 5910. The molecule has 9 aromatic rings. The quantitative estimate of drug-likeness (QED) is 0.0652. The number of amides is 2. The van der Waals surface area contributed by atoms with Gasteiger partial charge in [-0.3, -0.25) is 9.59 Å². The third-order valence-corrected chi connectivity index (χ3v) is 24.8.